The Morgan fingerprint density at radius 3 is 2.47 bits per heavy atom. The number of amides is 1. The average molecular weight is 679 g/mol. The fraction of sp³-hybridized carbons (Fsp3) is 0.294. The van der Waals surface area contributed by atoms with Crippen molar-refractivity contribution in [3.8, 4) is 34.4 Å². The largest absolute Gasteiger partial charge is 0.493 e. The number of likely N-dealkylation sites (tertiary alicyclic amines) is 1. The van der Waals surface area contributed by atoms with Gasteiger partial charge in [0.1, 0.15) is 11.5 Å². The van der Waals surface area contributed by atoms with Crippen LogP contribution >= 0.6 is 0 Å². The van der Waals surface area contributed by atoms with Crippen molar-refractivity contribution in [3.05, 3.63) is 89.0 Å². The number of nitrogens with zero attached hydrogens (tertiary/aromatic N) is 5. The van der Waals surface area contributed by atoms with Crippen LogP contribution in [0.1, 0.15) is 29.9 Å². The second-order valence-electron chi connectivity index (χ2n) is 11.2. The van der Waals surface area contributed by atoms with E-state index in [0.29, 0.717) is 34.8 Å². The number of fused-ring (bicyclic) bond motifs is 1. The van der Waals surface area contributed by atoms with Gasteiger partial charge in [-0.3, -0.25) is 14.3 Å². The molecule has 1 fully saturated rings. The molecule has 0 radical (unpaired) electrons. The standard InChI is InChI=1S/C34H33F3N6O6/c1-41-31(40-43(34(41)45)22-7-9-23(10-8-22)48-33(36)37)32(44)39-21-6-11-28(25(35)18-21)49-27-12-13-38-26-20-30(29(46-2)19-24(26)27)47-17-5-16-42-14-3-4-15-42/h6-13,18-20,33H,3-5,14-17H2,1-2H3,(H,39,44). The van der Waals surface area contributed by atoms with E-state index in [9.17, 15) is 18.4 Å². The van der Waals surface area contributed by atoms with E-state index in [1.54, 1.807) is 24.4 Å². The molecule has 256 valence electrons. The third-order valence-electron chi connectivity index (χ3n) is 7.96. The Bertz CT molecular complexity index is 2010. The molecule has 49 heavy (non-hydrogen) atoms. The zero-order valence-corrected chi connectivity index (χ0v) is 26.7. The van der Waals surface area contributed by atoms with Crippen LogP contribution in [-0.4, -0.2) is 70.1 Å². The molecule has 15 heteroatoms. The lowest BCUT2D eigenvalue weighted by molar-refractivity contribution is -0.0498. The van der Waals surface area contributed by atoms with Gasteiger partial charge in [-0.15, -0.1) is 5.10 Å². The first-order valence-electron chi connectivity index (χ1n) is 15.5. The monoisotopic (exact) mass is 678 g/mol. The number of aromatic nitrogens is 4. The lowest BCUT2D eigenvalue weighted by Gasteiger charge is -2.16. The summed E-state index contributed by atoms with van der Waals surface area (Å²) in [7, 11) is 2.88. The molecule has 1 N–H and O–H groups in total. The van der Waals surface area contributed by atoms with Crippen molar-refractivity contribution >= 4 is 22.5 Å². The molecule has 3 heterocycles. The molecule has 0 spiro atoms. The van der Waals surface area contributed by atoms with E-state index >= 15 is 4.39 Å². The maximum absolute atomic E-state index is 15.3. The number of carbonyl (C=O) groups is 1. The topological polar surface area (TPSA) is 122 Å². The second kappa shape index (κ2) is 14.7. The van der Waals surface area contributed by atoms with Gasteiger partial charge in [0.25, 0.3) is 5.91 Å². The number of methoxy groups -OCH3 is 1. The molecule has 1 saturated heterocycles. The molecule has 3 aromatic carbocycles. The summed E-state index contributed by atoms with van der Waals surface area (Å²) >= 11 is 0. The molecule has 0 aliphatic carbocycles. The van der Waals surface area contributed by atoms with Crippen LogP contribution in [0, 0.1) is 5.82 Å². The highest BCUT2D eigenvalue weighted by atomic mass is 19.3. The van der Waals surface area contributed by atoms with Crippen molar-refractivity contribution in [1.29, 1.82) is 0 Å². The lowest BCUT2D eigenvalue weighted by Crippen LogP contribution is -2.24. The molecular weight excluding hydrogens is 645 g/mol. The molecule has 1 aliphatic rings. The highest BCUT2D eigenvalue weighted by molar-refractivity contribution is 6.01. The van der Waals surface area contributed by atoms with Crippen LogP contribution in [0.2, 0.25) is 0 Å². The smallest absolute Gasteiger partial charge is 0.387 e. The molecular formula is C34H33F3N6O6. The zero-order chi connectivity index (χ0) is 34.5. The number of hydrogen-bond donors (Lipinski definition) is 1. The Morgan fingerprint density at radius 1 is 0.980 bits per heavy atom. The predicted molar refractivity (Wildman–Crippen MR) is 174 cm³/mol. The minimum atomic E-state index is -3.00. The first kappa shape index (κ1) is 33.3. The quantitative estimate of drug-likeness (QED) is 0.155. The SMILES string of the molecule is COc1cc2c(Oc3ccc(NC(=O)c4nn(-c5ccc(OC(F)F)cc5)c(=O)n4C)cc3F)ccnc2cc1OCCCN1CCCC1. The van der Waals surface area contributed by atoms with Gasteiger partial charge in [-0.2, -0.15) is 13.5 Å². The Hall–Kier alpha value is -5.57. The molecule has 0 atom stereocenters. The van der Waals surface area contributed by atoms with Crippen molar-refractivity contribution < 1.29 is 36.9 Å². The first-order valence-corrected chi connectivity index (χ1v) is 15.5. The Kier molecular flexibility index (Phi) is 9.99. The summed E-state index contributed by atoms with van der Waals surface area (Å²) in [4.78, 5) is 32.7. The van der Waals surface area contributed by atoms with E-state index in [1.807, 2.05) is 0 Å². The van der Waals surface area contributed by atoms with Gasteiger partial charge in [0.15, 0.2) is 23.1 Å². The number of carbonyl (C=O) groups excluding carboxylic acids is 1. The van der Waals surface area contributed by atoms with Gasteiger partial charge in [-0.05, 0) is 80.9 Å². The van der Waals surface area contributed by atoms with Crippen molar-refractivity contribution in [1.82, 2.24) is 24.2 Å². The first-order chi connectivity index (χ1) is 23.7. The van der Waals surface area contributed by atoms with Crippen LogP contribution in [0.5, 0.6) is 28.7 Å². The maximum atomic E-state index is 15.3. The van der Waals surface area contributed by atoms with Gasteiger partial charge < -0.3 is 29.2 Å². The summed E-state index contributed by atoms with van der Waals surface area (Å²) in [6.45, 7) is 0.753. The van der Waals surface area contributed by atoms with Gasteiger partial charge in [0, 0.05) is 43.0 Å². The zero-order valence-electron chi connectivity index (χ0n) is 26.7. The summed E-state index contributed by atoms with van der Waals surface area (Å²) in [6, 6.07) is 14.1. The van der Waals surface area contributed by atoms with Gasteiger partial charge in [-0.25, -0.2) is 9.18 Å². The number of nitrogens with one attached hydrogen (secondary N) is 1. The molecule has 0 saturated carbocycles. The van der Waals surface area contributed by atoms with E-state index in [4.69, 9.17) is 14.2 Å². The number of ether oxygens (including phenoxy) is 4. The molecule has 2 aromatic heterocycles. The third kappa shape index (κ3) is 7.62. The number of pyridine rings is 1. The van der Waals surface area contributed by atoms with Crippen LogP contribution in [0.4, 0.5) is 18.9 Å². The van der Waals surface area contributed by atoms with Gasteiger partial charge in [0.2, 0.25) is 5.82 Å². The van der Waals surface area contributed by atoms with Crippen LogP contribution in [0.3, 0.4) is 0 Å². The number of rotatable bonds is 13. The van der Waals surface area contributed by atoms with Crippen LogP contribution in [0.25, 0.3) is 16.6 Å². The molecule has 12 nitrogen and oxygen atoms in total. The molecule has 0 bridgehead atoms. The summed E-state index contributed by atoms with van der Waals surface area (Å²) in [5, 5.41) is 7.17. The molecule has 0 unspecified atom stereocenters. The predicted octanol–water partition coefficient (Wildman–Crippen LogP) is 5.78. The number of alkyl halides is 2. The fourth-order valence-corrected chi connectivity index (χ4v) is 5.51. The highest BCUT2D eigenvalue weighted by Gasteiger charge is 2.20. The second-order valence-corrected chi connectivity index (χ2v) is 11.2. The minimum absolute atomic E-state index is 0.0816. The minimum Gasteiger partial charge on any atom is -0.493 e. The Labute approximate surface area is 278 Å². The average Bonchev–Trinajstić information content (AvgIpc) is 3.72. The summed E-state index contributed by atoms with van der Waals surface area (Å²) in [5.74, 6) is -0.678. The van der Waals surface area contributed by atoms with E-state index in [1.165, 1.54) is 63.4 Å². The lowest BCUT2D eigenvalue weighted by atomic mass is 10.1. The molecule has 1 amide bonds. The van der Waals surface area contributed by atoms with Crippen LogP contribution in [-0.2, 0) is 7.05 Å². The van der Waals surface area contributed by atoms with Gasteiger partial charge in [-0.1, -0.05) is 0 Å². The van der Waals surface area contributed by atoms with Crippen molar-refractivity contribution in [3.63, 3.8) is 0 Å². The maximum Gasteiger partial charge on any atom is 0.387 e. The number of hydrogen-bond acceptors (Lipinski definition) is 9. The molecule has 1 aliphatic heterocycles. The van der Waals surface area contributed by atoms with E-state index in [0.717, 1.165) is 41.4 Å². The Balaban J connectivity index is 1.14. The van der Waals surface area contributed by atoms with Gasteiger partial charge in [0.05, 0.1) is 24.9 Å². The summed E-state index contributed by atoms with van der Waals surface area (Å²) in [6.07, 6.45) is 4.90. The van der Waals surface area contributed by atoms with Crippen molar-refractivity contribution in [2.75, 3.05) is 38.7 Å². The highest BCUT2D eigenvalue weighted by Crippen LogP contribution is 2.38. The van der Waals surface area contributed by atoms with Crippen molar-refractivity contribution in [2.24, 2.45) is 7.05 Å². The fourth-order valence-electron chi connectivity index (χ4n) is 5.51. The summed E-state index contributed by atoms with van der Waals surface area (Å²) in [5.41, 5.74) is 0.199. The van der Waals surface area contributed by atoms with E-state index < -0.39 is 24.0 Å². The van der Waals surface area contributed by atoms with E-state index in [-0.39, 0.29) is 28.7 Å². The Morgan fingerprint density at radius 2 is 1.76 bits per heavy atom. The van der Waals surface area contributed by atoms with Gasteiger partial charge >= 0.3 is 12.3 Å². The van der Waals surface area contributed by atoms with Crippen molar-refractivity contribution in [2.45, 2.75) is 25.9 Å². The van der Waals surface area contributed by atoms with Crippen LogP contribution in [0.15, 0.2) is 71.7 Å². The number of halogens is 3. The normalized spacial score (nSPS) is 13.2. The number of benzene rings is 3. The summed E-state index contributed by atoms with van der Waals surface area (Å²) < 4.78 is 64.0. The van der Waals surface area contributed by atoms with Crippen LogP contribution < -0.4 is 30.0 Å². The van der Waals surface area contributed by atoms with E-state index in [2.05, 4.69) is 25.0 Å². The molecule has 6 rings (SSSR count). The molecule has 5 aromatic rings. The number of anilines is 1. The third-order valence-corrected chi connectivity index (χ3v) is 7.96.